The third kappa shape index (κ3) is 12.2. The van der Waals surface area contributed by atoms with Crippen molar-refractivity contribution in [1.82, 2.24) is 10.6 Å². The molecule has 3 aromatic carbocycles. The molecule has 4 rings (SSSR count). The first-order valence-corrected chi connectivity index (χ1v) is 16.2. The zero-order valence-electron chi connectivity index (χ0n) is 26.6. The van der Waals surface area contributed by atoms with Gasteiger partial charge in [0.1, 0.15) is 13.2 Å². The molecule has 0 fully saturated rings. The number of amides is 2. The molecule has 1 aliphatic heterocycles. The van der Waals surface area contributed by atoms with Gasteiger partial charge in [0.15, 0.2) is 6.04 Å². The van der Waals surface area contributed by atoms with Crippen LogP contribution in [0.1, 0.15) is 48.8 Å². The fraction of sp³-hybridized carbons (Fsp3) is 0.368. The minimum atomic E-state index is -1.27. The minimum absolute atomic E-state index is 0.0187. The normalized spacial score (nSPS) is 19.8. The predicted octanol–water partition coefficient (Wildman–Crippen LogP) is 4.47. The van der Waals surface area contributed by atoms with E-state index in [1.807, 2.05) is 103 Å². The van der Waals surface area contributed by atoms with E-state index < -0.39 is 54.3 Å². The quantitative estimate of drug-likeness (QED) is 0.208. The molecule has 3 aromatic rings. The first-order chi connectivity index (χ1) is 22.9. The first kappa shape index (κ1) is 35.1. The van der Waals surface area contributed by atoms with E-state index in [4.69, 9.17) is 9.47 Å². The van der Waals surface area contributed by atoms with Crippen LogP contribution in [-0.2, 0) is 48.1 Å². The molecule has 9 nitrogen and oxygen atoms in total. The average molecular weight is 641 g/mol. The molecule has 2 amide bonds. The highest BCUT2D eigenvalue weighted by atomic mass is 16.6. The second kappa shape index (κ2) is 19.0. The number of hydrogen-bond donors (Lipinski definition) is 3. The van der Waals surface area contributed by atoms with Crippen LogP contribution in [0.5, 0.6) is 0 Å². The highest BCUT2D eigenvalue weighted by Crippen LogP contribution is 2.20. The average Bonchev–Trinajstić information content (AvgIpc) is 3.09. The number of carbonyl (C=O) groups excluding carboxylic acids is 4. The van der Waals surface area contributed by atoms with E-state index in [0.29, 0.717) is 25.7 Å². The highest BCUT2D eigenvalue weighted by molar-refractivity contribution is 5.89. The van der Waals surface area contributed by atoms with Crippen LogP contribution < -0.4 is 10.6 Å². The third-order valence-corrected chi connectivity index (χ3v) is 8.10. The summed E-state index contributed by atoms with van der Waals surface area (Å²) >= 11 is 0. The van der Waals surface area contributed by atoms with Crippen LogP contribution >= 0.6 is 0 Å². The molecular formula is C38H44N2O7. The van der Waals surface area contributed by atoms with Gasteiger partial charge in [0.2, 0.25) is 11.8 Å². The topological polar surface area (TPSA) is 131 Å². The second-order valence-electron chi connectivity index (χ2n) is 11.8. The Balaban J connectivity index is 1.47. The van der Waals surface area contributed by atoms with Crippen molar-refractivity contribution in [3.8, 4) is 0 Å². The van der Waals surface area contributed by atoms with E-state index in [9.17, 15) is 24.3 Å². The zero-order valence-corrected chi connectivity index (χ0v) is 26.6. The maximum atomic E-state index is 13.6. The van der Waals surface area contributed by atoms with Gasteiger partial charge in [-0.25, -0.2) is 4.79 Å². The minimum Gasteiger partial charge on any atom is -0.463 e. The number of rotatable bonds is 11. The summed E-state index contributed by atoms with van der Waals surface area (Å²) in [6, 6.07) is 26.5. The third-order valence-electron chi connectivity index (χ3n) is 8.10. The number of cyclic esters (lactones) is 1. The number of benzene rings is 3. The zero-order chi connectivity index (χ0) is 33.3. The molecular weight excluding hydrogens is 596 g/mol. The standard InChI is InChI=1S/C38H44N2O7/c41-25-33(23-29-16-8-4-9-17-29)39-35(42)24-31-20-12-1-2-13-21-32(22-28-14-6-3-7-15-28)37(44)47-27-34(40-36(31)43)38(45)46-26-30-18-10-5-11-19-30/h1,3-12,14-19,31-34,41H,2,13,20-27H2,(H,39,42)(H,40,43)/t31-,32-,33+,34-/m1/s1. The van der Waals surface area contributed by atoms with Crippen molar-refractivity contribution in [3.05, 3.63) is 120 Å². The van der Waals surface area contributed by atoms with Crippen LogP contribution in [-0.4, -0.2) is 54.2 Å². The van der Waals surface area contributed by atoms with E-state index in [0.717, 1.165) is 23.1 Å². The second-order valence-corrected chi connectivity index (χ2v) is 11.8. The molecule has 0 unspecified atom stereocenters. The molecule has 0 spiro atoms. The van der Waals surface area contributed by atoms with Crippen molar-refractivity contribution in [1.29, 1.82) is 0 Å². The van der Waals surface area contributed by atoms with Crippen LogP contribution in [0.3, 0.4) is 0 Å². The summed E-state index contributed by atoms with van der Waals surface area (Å²) < 4.78 is 11.2. The Morgan fingerprint density at radius 3 is 2.17 bits per heavy atom. The van der Waals surface area contributed by atoms with Crippen molar-refractivity contribution in [2.24, 2.45) is 11.8 Å². The van der Waals surface area contributed by atoms with Gasteiger partial charge in [-0.3, -0.25) is 14.4 Å². The number of aliphatic hydroxyl groups is 1. The molecule has 0 radical (unpaired) electrons. The Kier molecular flexibility index (Phi) is 14.2. The summed E-state index contributed by atoms with van der Waals surface area (Å²) in [6.07, 6.45) is 6.85. The van der Waals surface area contributed by atoms with Crippen LogP contribution in [0.4, 0.5) is 0 Å². The van der Waals surface area contributed by atoms with Gasteiger partial charge in [0, 0.05) is 6.42 Å². The predicted molar refractivity (Wildman–Crippen MR) is 178 cm³/mol. The highest BCUT2D eigenvalue weighted by Gasteiger charge is 2.31. The van der Waals surface area contributed by atoms with Crippen LogP contribution in [0.25, 0.3) is 0 Å². The number of carbonyl (C=O) groups is 4. The number of aliphatic hydroxyl groups excluding tert-OH is 1. The summed E-state index contributed by atoms with van der Waals surface area (Å²) in [5, 5.41) is 15.4. The van der Waals surface area contributed by atoms with Gasteiger partial charge >= 0.3 is 11.9 Å². The van der Waals surface area contributed by atoms with E-state index >= 15 is 0 Å². The summed E-state index contributed by atoms with van der Waals surface area (Å²) in [4.78, 5) is 53.3. The molecule has 0 aliphatic carbocycles. The van der Waals surface area contributed by atoms with Crippen molar-refractivity contribution < 1.29 is 33.8 Å². The van der Waals surface area contributed by atoms with Gasteiger partial charge in [-0.05, 0) is 55.2 Å². The van der Waals surface area contributed by atoms with Gasteiger partial charge in [-0.15, -0.1) is 0 Å². The number of nitrogens with one attached hydrogen (secondary N) is 2. The molecule has 0 bridgehead atoms. The largest absolute Gasteiger partial charge is 0.463 e. The van der Waals surface area contributed by atoms with Crippen molar-refractivity contribution in [2.75, 3.05) is 13.2 Å². The Hall–Kier alpha value is -4.76. The lowest BCUT2D eigenvalue weighted by atomic mass is 9.93. The fourth-order valence-corrected chi connectivity index (χ4v) is 5.49. The Morgan fingerprint density at radius 2 is 1.51 bits per heavy atom. The molecule has 1 aliphatic rings. The van der Waals surface area contributed by atoms with E-state index in [1.54, 1.807) is 0 Å². The summed E-state index contributed by atoms with van der Waals surface area (Å²) in [7, 11) is 0. The Bertz CT molecular complexity index is 1450. The lowest BCUT2D eigenvalue weighted by Gasteiger charge is -2.23. The summed E-state index contributed by atoms with van der Waals surface area (Å²) in [6.45, 7) is -0.680. The van der Waals surface area contributed by atoms with Crippen LogP contribution in [0, 0.1) is 11.8 Å². The van der Waals surface area contributed by atoms with Gasteiger partial charge in [0.25, 0.3) is 0 Å². The molecule has 0 aromatic heterocycles. The Labute approximate surface area is 276 Å². The van der Waals surface area contributed by atoms with Gasteiger partial charge in [0.05, 0.1) is 24.5 Å². The molecule has 0 saturated heterocycles. The Morgan fingerprint density at radius 1 is 0.872 bits per heavy atom. The smallest absolute Gasteiger partial charge is 0.332 e. The number of hydrogen-bond acceptors (Lipinski definition) is 7. The van der Waals surface area contributed by atoms with Crippen LogP contribution in [0.15, 0.2) is 103 Å². The number of allylic oxidation sites excluding steroid dienone is 2. The van der Waals surface area contributed by atoms with Crippen molar-refractivity contribution in [2.45, 2.75) is 63.6 Å². The maximum Gasteiger partial charge on any atom is 0.332 e. The van der Waals surface area contributed by atoms with Crippen molar-refractivity contribution in [3.63, 3.8) is 0 Å². The molecule has 4 atom stereocenters. The van der Waals surface area contributed by atoms with E-state index in [2.05, 4.69) is 10.6 Å². The lowest BCUT2D eigenvalue weighted by Crippen LogP contribution is -2.48. The fourth-order valence-electron chi connectivity index (χ4n) is 5.49. The van der Waals surface area contributed by atoms with Crippen LogP contribution in [0.2, 0.25) is 0 Å². The SMILES string of the molecule is O=C(C[C@H]1CC=CCCC[C@H](Cc2ccccc2)C(=O)OC[C@H](C(=O)OCc2ccccc2)NC1=O)N[C@H](CO)Cc1ccccc1. The monoisotopic (exact) mass is 640 g/mol. The molecule has 1 heterocycles. The molecule has 0 saturated carbocycles. The molecule has 3 N–H and O–H groups in total. The van der Waals surface area contributed by atoms with E-state index in [1.165, 1.54) is 0 Å². The number of ether oxygens (including phenoxy) is 2. The van der Waals surface area contributed by atoms with E-state index in [-0.39, 0.29) is 26.1 Å². The van der Waals surface area contributed by atoms with Crippen molar-refractivity contribution >= 4 is 23.8 Å². The molecule has 9 heteroatoms. The first-order valence-electron chi connectivity index (χ1n) is 16.2. The van der Waals surface area contributed by atoms with Gasteiger partial charge in [-0.2, -0.15) is 0 Å². The van der Waals surface area contributed by atoms with Gasteiger partial charge in [-0.1, -0.05) is 103 Å². The van der Waals surface area contributed by atoms with Gasteiger partial charge < -0.3 is 25.2 Å². The summed E-state index contributed by atoms with van der Waals surface area (Å²) in [5.74, 6) is -3.36. The molecule has 248 valence electrons. The number of esters is 2. The summed E-state index contributed by atoms with van der Waals surface area (Å²) in [5.41, 5.74) is 2.73. The lowest BCUT2D eigenvalue weighted by molar-refractivity contribution is -0.157. The maximum absolute atomic E-state index is 13.6. The molecule has 47 heavy (non-hydrogen) atoms.